The Bertz CT molecular complexity index is 3780. The minimum Gasteiger partial charge on any atom is -0.493 e. The van der Waals surface area contributed by atoms with Crippen molar-refractivity contribution >= 4 is 56.9 Å². The van der Waals surface area contributed by atoms with Gasteiger partial charge in [0.2, 0.25) is 11.8 Å². The molecule has 0 fully saturated rings. The number of nitrogens with one attached hydrogen (secondary N) is 2. The Morgan fingerprint density at radius 2 is 0.989 bits per heavy atom. The lowest BCUT2D eigenvalue weighted by Crippen LogP contribution is -2.09. The number of unbranched alkanes of at least 4 members (excludes halogenated alkanes) is 4. The van der Waals surface area contributed by atoms with Crippen molar-refractivity contribution in [2.45, 2.75) is 108 Å². The van der Waals surface area contributed by atoms with Gasteiger partial charge in [0.1, 0.15) is 24.7 Å². The van der Waals surface area contributed by atoms with E-state index in [-0.39, 0.29) is 23.9 Å². The highest BCUT2D eigenvalue weighted by molar-refractivity contribution is 7.84. The average molecular weight is 1280 g/mol. The first-order chi connectivity index (χ1) is 44.2. The Morgan fingerprint density at radius 3 is 1.47 bits per heavy atom. The van der Waals surface area contributed by atoms with E-state index >= 15 is 8.78 Å². The summed E-state index contributed by atoms with van der Waals surface area (Å²) < 4.78 is 95.8. The fraction of sp³-hybridized carbons (Fsp3) is 0.324. The number of rotatable bonds is 36. The smallest absolute Gasteiger partial charge is 0.248 e. The normalized spacial score (nSPS) is 12.1. The highest BCUT2D eigenvalue weighted by Gasteiger charge is 2.18. The van der Waals surface area contributed by atoms with Gasteiger partial charge in [-0.2, -0.15) is 0 Å². The molecule has 0 aliphatic carbocycles. The monoisotopic (exact) mass is 1280 g/mol. The van der Waals surface area contributed by atoms with Gasteiger partial charge in [0, 0.05) is 70.7 Å². The van der Waals surface area contributed by atoms with E-state index < -0.39 is 45.0 Å². The highest BCUT2D eigenvalue weighted by Crippen LogP contribution is 2.34. The van der Waals surface area contributed by atoms with Crippen LogP contribution in [0.15, 0.2) is 156 Å². The van der Waals surface area contributed by atoms with Gasteiger partial charge < -0.3 is 48.2 Å². The van der Waals surface area contributed by atoms with Crippen LogP contribution in [0.2, 0.25) is 0 Å². The van der Waals surface area contributed by atoms with Crippen LogP contribution in [-0.2, 0) is 65.3 Å². The molecule has 6 aromatic carbocycles. The van der Waals surface area contributed by atoms with Crippen molar-refractivity contribution in [1.82, 2.24) is 19.1 Å². The zero-order chi connectivity index (χ0) is 64.5. The molecule has 0 saturated carbocycles. The molecule has 8 rings (SSSR count). The van der Waals surface area contributed by atoms with Crippen molar-refractivity contribution in [1.29, 1.82) is 0 Å². The van der Waals surface area contributed by atoms with Gasteiger partial charge in [-0.25, -0.2) is 18.7 Å². The summed E-state index contributed by atoms with van der Waals surface area (Å²) in [5.41, 5.74) is 8.04. The summed E-state index contributed by atoms with van der Waals surface area (Å²) in [6, 6.07) is 34.7. The number of methoxy groups -OCH3 is 1. The number of nitrogens with zero attached hydrogens (tertiary/aromatic N) is 4. The highest BCUT2D eigenvalue weighted by atomic mass is 32.2. The quantitative estimate of drug-likeness (QED) is 0.0280. The van der Waals surface area contributed by atoms with Crippen molar-refractivity contribution in [3.05, 3.63) is 192 Å². The molecule has 480 valence electrons. The first-order valence-corrected chi connectivity index (χ1v) is 33.3. The van der Waals surface area contributed by atoms with Crippen LogP contribution in [0, 0.1) is 25.5 Å². The van der Waals surface area contributed by atoms with Crippen LogP contribution in [0.25, 0.3) is 34.4 Å². The van der Waals surface area contributed by atoms with Crippen molar-refractivity contribution in [2.75, 3.05) is 64.0 Å². The third-order valence-corrected chi connectivity index (χ3v) is 17.5. The molecule has 0 spiro atoms. The van der Waals surface area contributed by atoms with Gasteiger partial charge >= 0.3 is 0 Å². The van der Waals surface area contributed by atoms with Crippen LogP contribution in [0.1, 0.15) is 93.2 Å². The molecule has 2 amide bonds. The first-order valence-electron chi connectivity index (χ1n) is 30.7. The lowest BCUT2D eigenvalue weighted by molar-refractivity contribution is -0.112. The number of aryl methyl sites for hydroxylation is 4. The molecule has 2 atom stereocenters. The van der Waals surface area contributed by atoms with Crippen LogP contribution in [0.5, 0.6) is 23.0 Å². The van der Waals surface area contributed by atoms with Crippen LogP contribution >= 0.6 is 0 Å². The van der Waals surface area contributed by atoms with Gasteiger partial charge in [-0.1, -0.05) is 50.5 Å². The molecule has 0 bridgehead atoms. The number of hydrogen-bond acceptors (Lipinski definition) is 12. The molecule has 2 N–H and O–H groups in total. The van der Waals surface area contributed by atoms with Crippen molar-refractivity contribution < 1.29 is 55.2 Å². The molecule has 0 aliphatic rings. The second-order valence-electron chi connectivity index (χ2n) is 21.3. The predicted octanol–water partition coefficient (Wildman–Crippen LogP) is 14.5. The van der Waals surface area contributed by atoms with Gasteiger partial charge in [-0.05, 0) is 178 Å². The molecular formula is C71H80F2N6O10S2. The van der Waals surface area contributed by atoms with Crippen LogP contribution in [0.4, 0.5) is 20.2 Å². The standard InChI is InChI=1S/C71H80F2N6O10S2/c1-7-10-36-85-38-40-88-60-25-15-52(16-26-60)56-42-54(70(84-6)64(72)44-56)19-33-68(80)76-58-23-31-63(32-24-58)91(83)47-67-51(5)75-49-79(67)35-13-11-12-14-37-86-39-41-89-61-27-17-53(18-28-61)57-43-55(71(87-9-3)65(73)45-57)20-34-69(81)77-59-21-29-62(30-22-59)90(82)46-66-50(4)74-48-78(66)8-2/h15-34,42-45,48-49H,7-14,35-41,46-47H2,1-6H3,(H,76,80)(H,77,81)/b33-19+,34-20+. The van der Waals surface area contributed by atoms with Crippen LogP contribution < -0.4 is 29.6 Å². The maximum atomic E-state index is 15.5. The number of carbonyl (C=O) groups is 2. The molecule has 0 saturated heterocycles. The third-order valence-electron chi connectivity index (χ3n) is 14.9. The number of hydrogen-bond donors (Lipinski definition) is 2. The summed E-state index contributed by atoms with van der Waals surface area (Å²) in [7, 11) is -1.29. The molecule has 8 aromatic rings. The van der Waals surface area contributed by atoms with E-state index in [1.807, 2.05) is 73.9 Å². The fourth-order valence-electron chi connectivity index (χ4n) is 9.89. The largest absolute Gasteiger partial charge is 0.493 e. The summed E-state index contributed by atoms with van der Waals surface area (Å²) in [5.74, 6) is 0.0131. The summed E-state index contributed by atoms with van der Waals surface area (Å²) >= 11 is 0. The number of benzene rings is 6. The summed E-state index contributed by atoms with van der Waals surface area (Å²) in [5, 5.41) is 5.64. The summed E-state index contributed by atoms with van der Waals surface area (Å²) in [6.45, 7) is 14.4. The fourth-order valence-corrected chi connectivity index (χ4v) is 12.3. The molecule has 2 unspecified atom stereocenters. The molecule has 2 aromatic heterocycles. The van der Waals surface area contributed by atoms with E-state index in [4.69, 9.17) is 28.4 Å². The molecular weight excluding hydrogens is 1200 g/mol. The van der Waals surface area contributed by atoms with Crippen molar-refractivity contribution in [2.24, 2.45) is 0 Å². The predicted molar refractivity (Wildman–Crippen MR) is 355 cm³/mol. The molecule has 91 heavy (non-hydrogen) atoms. The van der Waals surface area contributed by atoms with Gasteiger partial charge in [0.05, 0.1) is 95.5 Å². The van der Waals surface area contributed by atoms with E-state index in [1.54, 1.807) is 80.2 Å². The zero-order valence-electron chi connectivity index (χ0n) is 52.5. The lowest BCUT2D eigenvalue weighted by atomic mass is 10.0. The van der Waals surface area contributed by atoms with Gasteiger partial charge in [0.15, 0.2) is 23.1 Å². The number of amides is 2. The SMILES string of the molecule is CCCCOCCOc1ccc(-c2cc(F)c(OC)c(/C=C/C(=O)Nc3ccc(S(=O)Cc4c(C)ncn4CCCCCCOCCOc4ccc(-c5cc(F)c(OCC)c(/C=C/C(=O)Nc6ccc(S(=O)Cc7c(C)ncn7CC)cc6)c5)cc4)cc3)c2)cc1. The second kappa shape index (κ2) is 35.2. The maximum Gasteiger partial charge on any atom is 0.248 e. The van der Waals surface area contributed by atoms with Crippen LogP contribution in [0.3, 0.4) is 0 Å². The number of aromatic nitrogens is 4. The van der Waals surface area contributed by atoms with E-state index in [2.05, 4.69) is 32.1 Å². The molecule has 2 heterocycles. The summed E-state index contributed by atoms with van der Waals surface area (Å²) in [4.78, 5) is 36.2. The number of halogens is 2. The maximum absolute atomic E-state index is 15.5. The first kappa shape index (κ1) is 68.4. The Hall–Kier alpha value is -8.56. The third kappa shape index (κ3) is 20.2. The zero-order valence-corrected chi connectivity index (χ0v) is 54.1. The number of ether oxygens (including phenoxy) is 6. The van der Waals surface area contributed by atoms with Gasteiger partial charge in [-0.3, -0.25) is 18.0 Å². The van der Waals surface area contributed by atoms with Gasteiger partial charge in [-0.15, -0.1) is 0 Å². The van der Waals surface area contributed by atoms with Crippen molar-refractivity contribution in [3.63, 3.8) is 0 Å². The van der Waals surface area contributed by atoms with Crippen LogP contribution in [-0.4, -0.2) is 92.7 Å². The topological polar surface area (TPSA) is 183 Å². The minimum atomic E-state index is -1.37. The molecule has 20 heteroatoms. The van der Waals surface area contributed by atoms with Crippen molar-refractivity contribution in [3.8, 4) is 45.3 Å². The van der Waals surface area contributed by atoms with E-state index in [9.17, 15) is 18.0 Å². The summed E-state index contributed by atoms with van der Waals surface area (Å²) in [6.07, 6.45) is 15.1. The number of carbonyl (C=O) groups excluding carboxylic acids is 2. The van der Waals surface area contributed by atoms with Gasteiger partial charge in [0.25, 0.3) is 0 Å². The second-order valence-corrected chi connectivity index (χ2v) is 24.2. The number of imidazole rings is 2. The lowest BCUT2D eigenvalue weighted by Gasteiger charge is -2.12. The Labute approximate surface area is 536 Å². The minimum absolute atomic E-state index is 0.0151. The number of anilines is 2. The molecule has 0 aliphatic heterocycles. The van der Waals surface area contributed by atoms with E-state index in [0.29, 0.717) is 100 Å². The molecule has 0 radical (unpaired) electrons. The molecule has 16 nitrogen and oxygen atoms in total. The Balaban J connectivity index is 0.718. The Morgan fingerprint density at radius 1 is 0.527 bits per heavy atom. The average Bonchev–Trinajstić information content (AvgIpc) is 1.87. The van der Waals surface area contributed by atoms with E-state index in [1.165, 1.54) is 43.5 Å². The Kier molecular flexibility index (Phi) is 26.4. The van der Waals surface area contributed by atoms with E-state index in [0.717, 1.165) is 85.5 Å².